The second kappa shape index (κ2) is 18.4. The van der Waals surface area contributed by atoms with Crippen LogP contribution in [-0.2, 0) is 36.4 Å². The zero-order valence-electron chi connectivity index (χ0n) is 37.7. The van der Waals surface area contributed by atoms with Crippen LogP contribution in [0.2, 0.25) is 0 Å². The zero-order valence-corrected chi connectivity index (χ0v) is 40.9. The molecule has 1 radical (unpaired) electrons. The number of hydrogen-bond donors (Lipinski definition) is 0. The molecule has 2 fully saturated rings. The number of nitrogens with zero attached hydrogens (tertiary/aromatic N) is 3. The van der Waals surface area contributed by atoms with E-state index in [4.69, 9.17) is 15.6 Å². The van der Waals surface area contributed by atoms with Gasteiger partial charge in [0.1, 0.15) is 0 Å². The molecule has 4 aromatic carbocycles. The predicted molar refractivity (Wildman–Crippen MR) is 256 cm³/mol. The summed E-state index contributed by atoms with van der Waals surface area (Å²) >= 11 is 1.98. The molecule has 319 valence electrons. The number of aromatic nitrogens is 1. The molecule has 0 aliphatic heterocycles. The Balaban J connectivity index is 0.000000248. The Morgan fingerprint density at radius 1 is 0.729 bits per heavy atom. The Morgan fingerprint density at radius 3 is 1.98 bits per heavy atom. The van der Waals surface area contributed by atoms with Crippen LogP contribution in [0.5, 0.6) is 0 Å². The maximum Gasteiger partial charge on any atom is 0.0395 e. The van der Waals surface area contributed by atoms with Gasteiger partial charge in [-0.1, -0.05) is 180 Å². The first-order valence-electron chi connectivity index (χ1n) is 22.3. The van der Waals surface area contributed by atoms with E-state index in [0.717, 1.165) is 16.6 Å². The molecule has 0 amide bonds. The average molecular weight is 984 g/mol. The van der Waals surface area contributed by atoms with Crippen LogP contribution in [0.1, 0.15) is 156 Å². The van der Waals surface area contributed by atoms with E-state index in [2.05, 4.69) is 129 Å². The van der Waals surface area contributed by atoms with Gasteiger partial charge in [0, 0.05) is 52.2 Å². The summed E-state index contributed by atoms with van der Waals surface area (Å²) < 4.78 is 2.83. The van der Waals surface area contributed by atoms with Crippen LogP contribution >= 0.6 is 11.3 Å². The van der Waals surface area contributed by atoms with Crippen LogP contribution < -0.4 is 0 Å². The van der Waals surface area contributed by atoms with Crippen molar-refractivity contribution in [1.29, 1.82) is 0 Å². The molecule has 2 heterocycles. The fraction of sp³-hybridized carbons (Fsp3) is 0.519. The summed E-state index contributed by atoms with van der Waals surface area (Å²) in [7, 11) is 0. The first kappa shape index (κ1) is 45.9. The van der Waals surface area contributed by atoms with Crippen LogP contribution in [0.25, 0.3) is 63.6 Å². The third-order valence-electron chi connectivity index (χ3n) is 13.6. The van der Waals surface area contributed by atoms with E-state index in [9.17, 15) is 0 Å². The molecule has 3 aliphatic carbocycles. The molecule has 0 bridgehead atoms. The average Bonchev–Trinajstić information content (AvgIpc) is 3.55. The van der Waals surface area contributed by atoms with Crippen molar-refractivity contribution in [2.45, 2.75) is 174 Å². The monoisotopic (exact) mass is 984 g/mol. The van der Waals surface area contributed by atoms with Crippen molar-refractivity contribution in [2.75, 3.05) is 0 Å². The standard InChI is InChI=1S/C37H36NS.C16H30N2.CH3.Ir/c1-35(2,3)30-19-24(18-22-10-8-9-11-25(22)30)33-27-21-28-26-12-13-29-32(37(6,7)16-15-36(29,4)5)34(26)39-31(28)20-23(27)14-17-38-33;1-13(2)16(17-14-9-5-3-6-10-14)18-15-11-7-4-8-12-15;;/h8-14,17,19-21H,15-16H2,1-7H3;13-16H,3-12H2,1-2H3;1H3;/q-1;-2;-1;. The number of pyridine rings is 1. The van der Waals surface area contributed by atoms with Crippen LogP contribution in [-0.4, -0.2) is 23.2 Å². The maximum atomic E-state index is 5.06. The van der Waals surface area contributed by atoms with Crippen molar-refractivity contribution in [3.05, 3.63) is 108 Å². The molecule has 59 heavy (non-hydrogen) atoms. The summed E-state index contributed by atoms with van der Waals surface area (Å²) in [4.78, 5) is 4.96. The smallest absolute Gasteiger partial charge is 0.0395 e. The van der Waals surface area contributed by atoms with Gasteiger partial charge in [-0.2, -0.15) is 0 Å². The summed E-state index contributed by atoms with van der Waals surface area (Å²) in [5.74, 6) is 0.578. The molecule has 9 rings (SSSR count). The predicted octanol–water partition coefficient (Wildman–Crippen LogP) is 16.7. The van der Waals surface area contributed by atoms with Gasteiger partial charge in [-0.05, 0) is 63.1 Å². The number of benzene rings is 4. The van der Waals surface area contributed by atoms with Gasteiger partial charge in [-0.25, -0.2) is 6.17 Å². The summed E-state index contributed by atoms with van der Waals surface area (Å²) in [5, 5.41) is 17.7. The van der Waals surface area contributed by atoms with Crippen molar-refractivity contribution >= 4 is 53.1 Å². The maximum absolute atomic E-state index is 5.06. The largest absolute Gasteiger partial charge is 0.675 e. The Kier molecular flexibility index (Phi) is 14.3. The van der Waals surface area contributed by atoms with Crippen molar-refractivity contribution in [3.8, 4) is 11.3 Å². The number of thiophene rings is 1. The quantitative estimate of drug-likeness (QED) is 0.153. The molecule has 3 nitrogen and oxygen atoms in total. The van der Waals surface area contributed by atoms with Gasteiger partial charge < -0.3 is 18.1 Å². The normalized spacial score (nSPS) is 18.4. The minimum Gasteiger partial charge on any atom is -0.675 e. The first-order chi connectivity index (χ1) is 27.2. The van der Waals surface area contributed by atoms with Crippen molar-refractivity contribution < 1.29 is 20.1 Å². The minimum atomic E-state index is 0. The molecule has 0 unspecified atom stereocenters. The summed E-state index contributed by atoms with van der Waals surface area (Å²) in [5.41, 5.74) is 6.94. The van der Waals surface area contributed by atoms with Gasteiger partial charge in [0.25, 0.3) is 0 Å². The third-order valence-corrected chi connectivity index (χ3v) is 14.8. The van der Waals surface area contributed by atoms with Crippen LogP contribution in [0.15, 0.2) is 66.9 Å². The molecule has 6 aromatic rings. The van der Waals surface area contributed by atoms with Gasteiger partial charge in [0.05, 0.1) is 0 Å². The van der Waals surface area contributed by atoms with E-state index in [0.29, 0.717) is 18.0 Å². The molecular formula is C54H69IrN3S-4. The molecule has 2 aromatic heterocycles. The topological polar surface area (TPSA) is 41.1 Å². The number of rotatable bonds is 6. The van der Waals surface area contributed by atoms with Gasteiger partial charge in [0.2, 0.25) is 0 Å². The van der Waals surface area contributed by atoms with Crippen molar-refractivity contribution in [3.63, 3.8) is 0 Å². The van der Waals surface area contributed by atoms with Crippen molar-refractivity contribution in [1.82, 2.24) is 4.98 Å². The number of hydrogen-bond acceptors (Lipinski definition) is 2. The summed E-state index contributed by atoms with van der Waals surface area (Å²) in [6.45, 7) is 21.1. The molecule has 3 aliphatic rings. The van der Waals surface area contributed by atoms with Gasteiger partial charge in [0.15, 0.2) is 0 Å². The fourth-order valence-corrected chi connectivity index (χ4v) is 11.6. The van der Waals surface area contributed by atoms with E-state index < -0.39 is 0 Å². The van der Waals surface area contributed by atoms with Crippen LogP contribution in [0.4, 0.5) is 0 Å². The van der Waals surface area contributed by atoms with Crippen LogP contribution in [0, 0.1) is 19.4 Å². The zero-order chi connectivity index (χ0) is 40.1. The van der Waals surface area contributed by atoms with E-state index >= 15 is 0 Å². The molecular weight excluding hydrogens is 915 g/mol. The minimum absolute atomic E-state index is 0. The summed E-state index contributed by atoms with van der Waals surface area (Å²) in [6.07, 6.45) is 18.3. The molecule has 5 heteroatoms. The Morgan fingerprint density at radius 2 is 1.36 bits per heavy atom. The second-order valence-corrected chi connectivity index (χ2v) is 21.4. The Bertz CT molecular complexity index is 2350. The fourth-order valence-electron chi connectivity index (χ4n) is 10.1. The van der Waals surface area contributed by atoms with Gasteiger partial charge in [-0.3, -0.25) is 4.98 Å². The SMILES string of the molecule is CC(C)(C)c1cc(-c2nccc3cc4sc5c6c(ccc5c4cc23)C(C)(C)CCC6(C)C)[c-]c2ccccc12.CC(C)C([N-]C1CCCCC1)[N-]C1CCCCC1.[CH3-].[Ir]. The first-order valence-corrected chi connectivity index (χ1v) is 23.2. The Labute approximate surface area is 374 Å². The number of fused-ring (bicyclic) bond motifs is 7. The Hall–Kier alpha value is -2.66. The van der Waals surface area contributed by atoms with Crippen LogP contribution in [0.3, 0.4) is 0 Å². The van der Waals surface area contributed by atoms with Crippen molar-refractivity contribution in [2.24, 2.45) is 5.92 Å². The van der Waals surface area contributed by atoms with Gasteiger partial charge >= 0.3 is 0 Å². The van der Waals surface area contributed by atoms with E-state index in [1.807, 2.05) is 17.5 Å². The van der Waals surface area contributed by atoms with E-state index in [1.54, 1.807) is 5.56 Å². The van der Waals surface area contributed by atoms with Gasteiger partial charge in [-0.15, -0.1) is 52.6 Å². The third kappa shape index (κ3) is 9.56. The molecule has 0 N–H and O–H groups in total. The van der Waals surface area contributed by atoms with E-state index in [-0.39, 0.29) is 49.9 Å². The summed E-state index contributed by atoms with van der Waals surface area (Å²) in [6, 6.07) is 27.7. The molecule has 2 saturated carbocycles. The molecule has 0 spiro atoms. The second-order valence-electron chi connectivity index (χ2n) is 20.4. The molecule has 0 saturated heterocycles. The molecule has 0 atom stereocenters. The van der Waals surface area contributed by atoms with E-state index in [1.165, 1.54) is 125 Å².